The molecule has 1 aliphatic heterocycles. The van der Waals surface area contributed by atoms with Crippen LogP contribution in [0.3, 0.4) is 0 Å². The van der Waals surface area contributed by atoms with Gasteiger partial charge in [0.15, 0.2) is 0 Å². The van der Waals surface area contributed by atoms with Crippen molar-refractivity contribution in [3.8, 4) is 0 Å². The van der Waals surface area contributed by atoms with Crippen molar-refractivity contribution in [3.05, 3.63) is 35.9 Å². The number of ether oxygens (including phenoxy) is 1. The minimum absolute atomic E-state index is 0.0424. The molecule has 0 aliphatic carbocycles. The Morgan fingerprint density at radius 1 is 1.22 bits per heavy atom. The van der Waals surface area contributed by atoms with Crippen molar-refractivity contribution in [1.29, 1.82) is 0 Å². The molecular formula is C20H30N2O4S. The van der Waals surface area contributed by atoms with Gasteiger partial charge in [-0.05, 0) is 43.5 Å². The van der Waals surface area contributed by atoms with Gasteiger partial charge >= 0.3 is 0 Å². The molecule has 27 heavy (non-hydrogen) atoms. The van der Waals surface area contributed by atoms with E-state index in [1.54, 1.807) is 41.3 Å². The first-order chi connectivity index (χ1) is 12.9. The van der Waals surface area contributed by atoms with Crippen molar-refractivity contribution in [2.45, 2.75) is 44.6 Å². The van der Waals surface area contributed by atoms with Crippen molar-refractivity contribution < 1.29 is 17.9 Å². The molecule has 1 fully saturated rings. The highest BCUT2D eigenvalue weighted by Gasteiger charge is 2.23. The number of benzene rings is 1. The average molecular weight is 395 g/mol. The number of rotatable bonds is 8. The second kappa shape index (κ2) is 10.0. The molecule has 0 spiro atoms. The molecule has 1 aliphatic rings. The van der Waals surface area contributed by atoms with Crippen LogP contribution in [0.5, 0.6) is 0 Å². The number of likely N-dealkylation sites (tertiary alicyclic amines) is 1. The second-order valence-corrected chi connectivity index (χ2v) is 8.43. The topological polar surface area (TPSA) is 66.9 Å². The van der Waals surface area contributed by atoms with E-state index in [0.29, 0.717) is 26.2 Å². The third-order valence-electron chi connectivity index (χ3n) is 4.73. The molecule has 0 aromatic heterocycles. The lowest BCUT2D eigenvalue weighted by Crippen LogP contribution is -2.42. The maximum absolute atomic E-state index is 12.5. The van der Waals surface area contributed by atoms with Gasteiger partial charge in [-0.1, -0.05) is 26.0 Å². The smallest absolute Gasteiger partial charge is 0.246 e. The summed E-state index contributed by atoms with van der Waals surface area (Å²) in [6.45, 7) is 8.50. The third kappa shape index (κ3) is 5.64. The maximum Gasteiger partial charge on any atom is 0.246 e. The molecule has 1 aromatic carbocycles. The van der Waals surface area contributed by atoms with Gasteiger partial charge in [0, 0.05) is 38.9 Å². The van der Waals surface area contributed by atoms with E-state index >= 15 is 0 Å². The minimum atomic E-state index is -3.46. The number of hydrogen-bond acceptors (Lipinski definition) is 4. The maximum atomic E-state index is 12.5. The highest BCUT2D eigenvalue weighted by atomic mass is 32.2. The highest BCUT2D eigenvalue weighted by Crippen LogP contribution is 2.17. The minimum Gasteiger partial charge on any atom is -0.377 e. The van der Waals surface area contributed by atoms with Crippen LogP contribution < -0.4 is 0 Å². The molecule has 0 saturated carbocycles. The molecule has 7 heteroatoms. The van der Waals surface area contributed by atoms with Gasteiger partial charge in [-0.15, -0.1) is 0 Å². The predicted molar refractivity (Wildman–Crippen MR) is 107 cm³/mol. The molecule has 0 radical (unpaired) electrons. The summed E-state index contributed by atoms with van der Waals surface area (Å²) in [5.74, 6) is -0.0424. The van der Waals surface area contributed by atoms with Gasteiger partial charge in [0.2, 0.25) is 15.9 Å². The average Bonchev–Trinajstić information content (AvgIpc) is 2.67. The number of hydrogen-bond donors (Lipinski definition) is 0. The van der Waals surface area contributed by atoms with Gasteiger partial charge in [-0.25, -0.2) is 8.42 Å². The van der Waals surface area contributed by atoms with Crippen molar-refractivity contribution in [2.24, 2.45) is 0 Å². The Bertz CT molecular complexity index is 738. The van der Waals surface area contributed by atoms with E-state index in [9.17, 15) is 13.2 Å². The molecule has 1 amide bonds. The van der Waals surface area contributed by atoms with Crippen LogP contribution in [0, 0.1) is 0 Å². The first kappa shape index (κ1) is 21.6. The summed E-state index contributed by atoms with van der Waals surface area (Å²) < 4.78 is 32.0. The number of carbonyl (C=O) groups excluding carboxylic acids is 1. The Kier molecular flexibility index (Phi) is 8.01. The number of nitrogens with zero attached hydrogens (tertiary/aromatic N) is 2. The molecule has 1 heterocycles. The molecule has 1 unspecified atom stereocenters. The monoisotopic (exact) mass is 394 g/mol. The fourth-order valence-corrected chi connectivity index (χ4v) is 4.70. The van der Waals surface area contributed by atoms with Crippen LogP contribution in [-0.2, 0) is 19.6 Å². The lowest BCUT2D eigenvalue weighted by Gasteiger charge is -2.31. The van der Waals surface area contributed by atoms with E-state index in [0.717, 1.165) is 24.9 Å². The normalized spacial score (nSPS) is 18.4. The van der Waals surface area contributed by atoms with E-state index in [1.165, 1.54) is 4.31 Å². The zero-order chi connectivity index (χ0) is 19.9. The van der Waals surface area contributed by atoms with E-state index < -0.39 is 10.0 Å². The van der Waals surface area contributed by atoms with Crippen LogP contribution in [-0.4, -0.2) is 62.4 Å². The lowest BCUT2D eigenvalue weighted by atomic mass is 10.1. The zero-order valence-corrected chi connectivity index (χ0v) is 17.2. The third-order valence-corrected chi connectivity index (χ3v) is 6.80. The molecular weight excluding hydrogens is 364 g/mol. The van der Waals surface area contributed by atoms with Crippen LogP contribution >= 0.6 is 0 Å². The van der Waals surface area contributed by atoms with Gasteiger partial charge in [0.05, 0.1) is 11.0 Å². The van der Waals surface area contributed by atoms with Gasteiger partial charge < -0.3 is 9.64 Å². The first-order valence-electron chi connectivity index (χ1n) is 9.61. The highest BCUT2D eigenvalue weighted by molar-refractivity contribution is 7.89. The predicted octanol–water partition coefficient (Wildman–Crippen LogP) is 2.76. The number of sulfonamides is 1. The lowest BCUT2D eigenvalue weighted by molar-refractivity contribution is -0.129. The summed E-state index contributed by atoms with van der Waals surface area (Å²) in [5, 5.41) is 0. The van der Waals surface area contributed by atoms with Gasteiger partial charge in [0.25, 0.3) is 0 Å². The van der Waals surface area contributed by atoms with Crippen molar-refractivity contribution in [3.63, 3.8) is 0 Å². The standard InChI is InChI=1S/C20H30N2O4S/c1-4-22(5-2)27(24,25)19-12-9-17(10-13-19)11-14-20(23)21-15-7-8-18(16-21)26-6-3/h9-14,18H,4-8,15-16H2,1-3H3/b14-11+. The fraction of sp³-hybridized carbons (Fsp3) is 0.550. The van der Waals surface area contributed by atoms with Crippen LogP contribution in [0.1, 0.15) is 39.2 Å². The zero-order valence-electron chi connectivity index (χ0n) is 16.4. The Morgan fingerprint density at radius 3 is 2.48 bits per heavy atom. The molecule has 150 valence electrons. The van der Waals surface area contributed by atoms with E-state index in [4.69, 9.17) is 4.74 Å². The van der Waals surface area contributed by atoms with Crippen molar-refractivity contribution in [2.75, 3.05) is 32.8 Å². The summed E-state index contributed by atoms with van der Waals surface area (Å²) >= 11 is 0. The molecule has 0 N–H and O–H groups in total. The SMILES string of the molecule is CCOC1CCCN(C(=O)/C=C/c2ccc(S(=O)(=O)N(CC)CC)cc2)C1. The molecule has 1 saturated heterocycles. The largest absolute Gasteiger partial charge is 0.377 e. The van der Waals surface area contributed by atoms with Gasteiger partial charge in [0.1, 0.15) is 0 Å². The quantitative estimate of drug-likeness (QED) is 0.636. The molecule has 1 aromatic rings. The number of amides is 1. The second-order valence-electron chi connectivity index (χ2n) is 6.50. The van der Waals surface area contributed by atoms with Crippen LogP contribution in [0.2, 0.25) is 0 Å². The van der Waals surface area contributed by atoms with Crippen molar-refractivity contribution in [1.82, 2.24) is 9.21 Å². The van der Waals surface area contributed by atoms with Crippen LogP contribution in [0.25, 0.3) is 6.08 Å². The van der Waals surface area contributed by atoms with Crippen LogP contribution in [0.4, 0.5) is 0 Å². The van der Waals surface area contributed by atoms with E-state index in [-0.39, 0.29) is 16.9 Å². The number of carbonyl (C=O) groups is 1. The summed E-state index contributed by atoms with van der Waals surface area (Å²) in [5.41, 5.74) is 0.792. The number of piperidine rings is 1. The van der Waals surface area contributed by atoms with Crippen LogP contribution in [0.15, 0.2) is 35.2 Å². The van der Waals surface area contributed by atoms with Gasteiger partial charge in [-0.3, -0.25) is 4.79 Å². The summed E-state index contributed by atoms with van der Waals surface area (Å²) in [4.78, 5) is 14.5. The summed E-state index contributed by atoms with van der Waals surface area (Å²) in [7, 11) is -3.46. The molecule has 0 bridgehead atoms. The first-order valence-corrected chi connectivity index (χ1v) is 11.0. The van der Waals surface area contributed by atoms with Crippen molar-refractivity contribution >= 4 is 22.0 Å². The fourth-order valence-electron chi connectivity index (χ4n) is 3.25. The Hall–Kier alpha value is -1.70. The molecule has 2 rings (SSSR count). The van der Waals surface area contributed by atoms with E-state index in [1.807, 2.05) is 20.8 Å². The summed E-state index contributed by atoms with van der Waals surface area (Å²) in [6.07, 6.45) is 5.32. The summed E-state index contributed by atoms with van der Waals surface area (Å²) in [6, 6.07) is 6.62. The Balaban J connectivity index is 2.02. The molecule has 6 nitrogen and oxygen atoms in total. The van der Waals surface area contributed by atoms with E-state index in [2.05, 4.69) is 0 Å². The Morgan fingerprint density at radius 2 is 1.89 bits per heavy atom. The van der Waals surface area contributed by atoms with Gasteiger partial charge in [-0.2, -0.15) is 4.31 Å². The molecule has 1 atom stereocenters. The Labute approximate surface area is 162 Å².